The summed E-state index contributed by atoms with van der Waals surface area (Å²) in [6.45, 7) is 3.54. The minimum atomic E-state index is -3.30. The molecule has 0 aliphatic carbocycles. The minimum Gasteiger partial charge on any atom is -0.463 e. The molecule has 0 saturated carbocycles. The summed E-state index contributed by atoms with van der Waals surface area (Å²) >= 11 is 0. The van der Waals surface area contributed by atoms with Gasteiger partial charge in [0.15, 0.2) is 9.84 Å². The van der Waals surface area contributed by atoms with Gasteiger partial charge in [0.1, 0.15) is 4.75 Å². The number of ether oxygens (including phenoxy) is 2. The summed E-state index contributed by atoms with van der Waals surface area (Å²) in [6, 6.07) is 7.58. The molecule has 1 amide bonds. The molecular formula is C21H23N3O5S. The number of amides is 1. The zero-order valence-corrected chi connectivity index (χ0v) is 17.5. The van der Waals surface area contributed by atoms with Crippen LogP contribution in [0.3, 0.4) is 0 Å². The maximum Gasteiger partial charge on any atom is 0.316 e. The maximum absolute atomic E-state index is 12.9. The number of rotatable bonds is 4. The van der Waals surface area contributed by atoms with E-state index >= 15 is 0 Å². The van der Waals surface area contributed by atoms with Gasteiger partial charge >= 0.3 is 6.01 Å². The summed E-state index contributed by atoms with van der Waals surface area (Å²) in [4.78, 5) is 22.9. The monoisotopic (exact) mass is 429 g/mol. The molecule has 8 nitrogen and oxygen atoms in total. The molecule has 1 spiro atoms. The fraction of sp³-hybridized carbons (Fsp3) is 0.476. The highest BCUT2D eigenvalue weighted by Gasteiger charge is 2.62. The van der Waals surface area contributed by atoms with Gasteiger partial charge in [-0.1, -0.05) is 6.07 Å². The van der Waals surface area contributed by atoms with Crippen LogP contribution in [0.1, 0.15) is 33.6 Å². The number of likely N-dealkylation sites (tertiary alicyclic amines) is 1. The molecule has 1 aromatic carbocycles. The molecule has 1 unspecified atom stereocenters. The van der Waals surface area contributed by atoms with Gasteiger partial charge in [-0.3, -0.25) is 4.79 Å². The Morgan fingerprint density at radius 3 is 2.87 bits per heavy atom. The zero-order valence-electron chi connectivity index (χ0n) is 16.7. The van der Waals surface area contributed by atoms with Crippen LogP contribution in [0.4, 0.5) is 0 Å². The predicted octanol–water partition coefficient (Wildman–Crippen LogP) is 1.52. The number of hydrogen-bond acceptors (Lipinski definition) is 7. The highest BCUT2D eigenvalue weighted by Crippen LogP contribution is 2.45. The van der Waals surface area contributed by atoms with E-state index < -0.39 is 14.6 Å². The van der Waals surface area contributed by atoms with Gasteiger partial charge in [-0.2, -0.15) is 0 Å². The number of aromatic nitrogens is 2. The molecule has 30 heavy (non-hydrogen) atoms. The molecule has 158 valence electrons. The van der Waals surface area contributed by atoms with Crippen molar-refractivity contribution in [3.8, 4) is 6.01 Å². The normalized spacial score (nSPS) is 23.2. The van der Waals surface area contributed by atoms with E-state index in [1.807, 2.05) is 19.1 Å². The van der Waals surface area contributed by atoms with E-state index in [-0.39, 0.29) is 43.3 Å². The van der Waals surface area contributed by atoms with Crippen molar-refractivity contribution in [2.45, 2.75) is 31.3 Å². The summed E-state index contributed by atoms with van der Waals surface area (Å²) in [7, 11) is -3.30. The zero-order chi connectivity index (χ0) is 20.9. The topological polar surface area (TPSA) is 98.7 Å². The second-order valence-electron chi connectivity index (χ2n) is 8.30. The Morgan fingerprint density at radius 2 is 2.07 bits per heavy atom. The molecule has 2 aromatic rings. The number of hydrogen-bond donors (Lipinski definition) is 0. The lowest BCUT2D eigenvalue weighted by Crippen LogP contribution is -2.68. The van der Waals surface area contributed by atoms with Crippen molar-refractivity contribution in [2.24, 2.45) is 5.92 Å². The van der Waals surface area contributed by atoms with Crippen molar-refractivity contribution in [1.82, 2.24) is 14.9 Å². The van der Waals surface area contributed by atoms with Crippen molar-refractivity contribution < 1.29 is 22.7 Å². The van der Waals surface area contributed by atoms with Crippen LogP contribution in [0.15, 0.2) is 30.5 Å². The fourth-order valence-electron chi connectivity index (χ4n) is 4.61. The minimum absolute atomic E-state index is 0.119. The number of carbonyl (C=O) groups excluding carboxylic acids is 1. The second-order valence-corrected chi connectivity index (χ2v) is 10.7. The number of fused-ring (bicyclic) bond motifs is 1. The Labute approximate surface area is 175 Å². The molecule has 4 heterocycles. The molecule has 1 aromatic heterocycles. The van der Waals surface area contributed by atoms with Crippen LogP contribution in [-0.4, -0.2) is 59.4 Å². The van der Waals surface area contributed by atoms with Crippen LogP contribution in [-0.2, 0) is 27.8 Å². The Hall–Kier alpha value is -2.52. The van der Waals surface area contributed by atoms with Gasteiger partial charge in [-0.05, 0) is 42.7 Å². The number of carbonyl (C=O) groups is 1. The molecule has 3 aliphatic rings. The van der Waals surface area contributed by atoms with Crippen LogP contribution in [0.5, 0.6) is 6.01 Å². The quantitative estimate of drug-likeness (QED) is 0.727. The van der Waals surface area contributed by atoms with Gasteiger partial charge in [0.25, 0.3) is 5.91 Å². The maximum atomic E-state index is 12.9. The van der Waals surface area contributed by atoms with Crippen LogP contribution in [0.2, 0.25) is 0 Å². The summed E-state index contributed by atoms with van der Waals surface area (Å²) in [5.74, 6) is -0.211. The first-order valence-electron chi connectivity index (χ1n) is 10.0. The summed E-state index contributed by atoms with van der Waals surface area (Å²) in [5, 5.41) is 0. The van der Waals surface area contributed by atoms with Crippen molar-refractivity contribution in [3.63, 3.8) is 0 Å². The first-order chi connectivity index (χ1) is 14.4. The highest BCUT2D eigenvalue weighted by molar-refractivity contribution is 7.93. The number of aryl methyl sites for hydroxylation is 1. The molecule has 2 saturated heterocycles. The van der Waals surface area contributed by atoms with Crippen LogP contribution < -0.4 is 4.74 Å². The summed E-state index contributed by atoms with van der Waals surface area (Å²) in [5.41, 5.74) is 3.48. The number of benzene rings is 1. The lowest BCUT2D eigenvalue weighted by Gasteiger charge is -2.49. The first-order valence-corrected chi connectivity index (χ1v) is 11.7. The van der Waals surface area contributed by atoms with E-state index in [1.54, 1.807) is 23.2 Å². The molecule has 0 N–H and O–H groups in total. The Bertz CT molecular complexity index is 1110. The standard InChI is InChI=1S/C21H23N3O5S/c1-14-4-6-22-20(23-14)29-11-18-5-7-30(26,27)21(18)12-24(13-21)19(25)15-2-3-16-9-28-10-17(16)8-15/h2-4,6,8,18H,5,7,9-13H2,1H3. The third-order valence-electron chi connectivity index (χ3n) is 6.46. The third-order valence-corrected chi connectivity index (χ3v) is 9.06. The van der Waals surface area contributed by atoms with Crippen molar-refractivity contribution in [2.75, 3.05) is 25.4 Å². The van der Waals surface area contributed by atoms with Crippen molar-refractivity contribution in [1.29, 1.82) is 0 Å². The predicted molar refractivity (Wildman–Crippen MR) is 108 cm³/mol. The summed E-state index contributed by atoms with van der Waals surface area (Å²) < 4.78 is 35.9. The van der Waals surface area contributed by atoms with Gasteiger partial charge in [0.05, 0.1) is 25.6 Å². The smallest absolute Gasteiger partial charge is 0.316 e. The van der Waals surface area contributed by atoms with E-state index in [0.29, 0.717) is 25.2 Å². The van der Waals surface area contributed by atoms with E-state index in [1.165, 1.54) is 0 Å². The van der Waals surface area contributed by atoms with Crippen LogP contribution >= 0.6 is 0 Å². The Kier molecular flexibility index (Phi) is 4.55. The van der Waals surface area contributed by atoms with Crippen molar-refractivity contribution >= 4 is 15.7 Å². The third kappa shape index (κ3) is 3.07. The van der Waals surface area contributed by atoms with E-state index in [2.05, 4.69) is 9.97 Å². The van der Waals surface area contributed by atoms with Gasteiger partial charge in [0.2, 0.25) is 0 Å². The molecule has 5 rings (SSSR count). The average Bonchev–Trinajstić information content (AvgIpc) is 3.25. The van der Waals surface area contributed by atoms with Crippen molar-refractivity contribution in [3.05, 3.63) is 52.8 Å². The average molecular weight is 429 g/mol. The fourth-order valence-corrected chi connectivity index (χ4v) is 7.01. The van der Waals surface area contributed by atoms with Gasteiger partial charge in [-0.15, -0.1) is 0 Å². The van der Waals surface area contributed by atoms with E-state index in [9.17, 15) is 13.2 Å². The Morgan fingerprint density at radius 1 is 1.27 bits per heavy atom. The van der Waals surface area contributed by atoms with Gasteiger partial charge < -0.3 is 14.4 Å². The molecule has 1 atom stereocenters. The molecule has 0 radical (unpaired) electrons. The lowest BCUT2D eigenvalue weighted by molar-refractivity contribution is 0.0403. The van der Waals surface area contributed by atoms with Crippen LogP contribution in [0, 0.1) is 12.8 Å². The van der Waals surface area contributed by atoms with Crippen LogP contribution in [0.25, 0.3) is 0 Å². The molecule has 0 bridgehead atoms. The SMILES string of the molecule is Cc1ccnc(OCC2CCS(=O)(=O)C23CN(C(=O)c2ccc4c(c2)COC4)C3)n1. The summed E-state index contributed by atoms with van der Waals surface area (Å²) in [6.07, 6.45) is 2.14. The van der Waals surface area contributed by atoms with E-state index in [0.717, 1.165) is 16.8 Å². The number of sulfone groups is 1. The largest absolute Gasteiger partial charge is 0.463 e. The number of nitrogens with zero attached hydrogens (tertiary/aromatic N) is 3. The first kappa shape index (κ1) is 19.4. The van der Waals surface area contributed by atoms with Gasteiger partial charge in [-0.25, -0.2) is 18.4 Å². The molecule has 9 heteroatoms. The highest BCUT2D eigenvalue weighted by atomic mass is 32.2. The second kappa shape index (κ2) is 7.02. The van der Waals surface area contributed by atoms with Gasteiger partial charge in [0, 0.05) is 36.5 Å². The molecular weight excluding hydrogens is 406 g/mol. The lowest BCUT2D eigenvalue weighted by atomic mass is 9.83. The van der Waals surface area contributed by atoms with E-state index in [4.69, 9.17) is 9.47 Å². The molecule has 2 fully saturated rings. The Balaban J connectivity index is 1.30. The molecule has 3 aliphatic heterocycles.